The summed E-state index contributed by atoms with van der Waals surface area (Å²) in [6, 6.07) is 15.4. The number of aromatic nitrogens is 3. The number of nitrogens with one attached hydrogen (secondary N) is 2. The second-order valence-electron chi connectivity index (χ2n) is 9.30. The molecular formula is C27H28N6O3. The molecule has 2 aliphatic rings. The van der Waals surface area contributed by atoms with Gasteiger partial charge in [0.1, 0.15) is 11.5 Å². The molecule has 9 nitrogen and oxygen atoms in total. The lowest BCUT2D eigenvalue weighted by molar-refractivity contribution is 0.0676. The van der Waals surface area contributed by atoms with Gasteiger partial charge in [0.25, 0.3) is 11.8 Å². The summed E-state index contributed by atoms with van der Waals surface area (Å²) in [7, 11) is 0. The van der Waals surface area contributed by atoms with E-state index >= 15 is 0 Å². The smallest absolute Gasteiger partial charge is 0.272 e. The summed E-state index contributed by atoms with van der Waals surface area (Å²) in [6.45, 7) is 2.62. The van der Waals surface area contributed by atoms with Crippen molar-refractivity contribution in [2.75, 3.05) is 25.5 Å². The van der Waals surface area contributed by atoms with Crippen LogP contribution in [-0.4, -0.2) is 57.0 Å². The van der Waals surface area contributed by atoms with Crippen LogP contribution in [0.5, 0.6) is 0 Å². The third kappa shape index (κ3) is 3.91. The van der Waals surface area contributed by atoms with E-state index in [2.05, 4.69) is 14.9 Å². The van der Waals surface area contributed by atoms with Gasteiger partial charge < -0.3 is 30.2 Å². The van der Waals surface area contributed by atoms with E-state index < -0.39 is 0 Å². The van der Waals surface area contributed by atoms with Crippen LogP contribution in [-0.2, 0) is 17.8 Å². The van der Waals surface area contributed by atoms with Crippen LogP contribution in [0.3, 0.4) is 0 Å². The highest BCUT2D eigenvalue weighted by Gasteiger charge is 2.32. The molecule has 6 rings (SSSR count). The molecule has 0 atom stereocenters. The fourth-order valence-electron chi connectivity index (χ4n) is 5.19. The fraction of sp³-hybridized carbons (Fsp3) is 0.296. The van der Waals surface area contributed by atoms with Gasteiger partial charge in [0.2, 0.25) is 0 Å². The molecule has 1 fully saturated rings. The highest BCUT2D eigenvalue weighted by atomic mass is 16.5. The summed E-state index contributed by atoms with van der Waals surface area (Å²) in [4.78, 5) is 36.2. The van der Waals surface area contributed by atoms with Crippen molar-refractivity contribution in [2.45, 2.75) is 32.0 Å². The van der Waals surface area contributed by atoms with Crippen molar-refractivity contribution in [3.05, 3.63) is 71.8 Å². The van der Waals surface area contributed by atoms with Crippen LogP contribution in [0, 0.1) is 0 Å². The van der Waals surface area contributed by atoms with Crippen molar-refractivity contribution >= 4 is 28.3 Å². The van der Waals surface area contributed by atoms with Gasteiger partial charge in [-0.3, -0.25) is 9.59 Å². The summed E-state index contributed by atoms with van der Waals surface area (Å²) < 4.78 is 7.52. The van der Waals surface area contributed by atoms with Gasteiger partial charge in [-0.1, -0.05) is 30.3 Å². The number of nitrogen functional groups attached to an aromatic ring is 1. The molecule has 0 radical (unpaired) electrons. The first-order chi connectivity index (χ1) is 17.6. The number of H-pyrrole nitrogens is 1. The fourth-order valence-corrected chi connectivity index (χ4v) is 5.19. The van der Waals surface area contributed by atoms with Gasteiger partial charge in [0.15, 0.2) is 5.69 Å². The Kier molecular flexibility index (Phi) is 5.69. The first-order valence-corrected chi connectivity index (χ1v) is 12.3. The van der Waals surface area contributed by atoms with Gasteiger partial charge in [-0.2, -0.15) is 0 Å². The van der Waals surface area contributed by atoms with E-state index in [0.29, 0.717) is 55.7 Å². The number of nitrogens with two attached hydrogens (primary N) is 1. The van der Waals surface area contributed by atoms with Gasteiger partial charge >= 0.3 is 0 Å². The molecular weight excluding hydrogens is 456 g/mol. The molecule has 0 aliphatic carbocycles. The van der Waals surface area contributed by atoms with E-state index in [1.165, 1.54) is 0 Å². The zero-order chi connectivity index (χ0) is 24.6. The maximum absolute atomic E-state index is 13.5. The second kappa shape index (κ2) is 9.16. The van der Waals surface area contributed by atoms with Crippen molar-refractivity contribution in [3.63, 3.8) is 0 Å². The van der Waals surface area contributed by atoms with E-state index in [1.807, 2.05) is 36.4 Å². The largest absolute Gasteiger partial charge is 0.398 e. The minimum atomic E-state index is -0.217. The number of benzene rings is 2. The quantitative estimate of drug-likeness (QED) is 0.385. The maximum atomic E-state index is 13.5. The second-order valence-corrected chi connectivity index (χ2v) is 9.30. The van der Waals surface area contributed by atoms with Crippen molar-refractivity contribution in [3.8, 4) is 11.4 Å². The Hall–Kier alpha value is -4.11. The molecule has 4 heterocycles. The molecule has 36 heavy (non-hydrogen) atoms. The van der Waals surface area contributed by atoms with Crippen LogP contribution in [0.4, 0.5) is 5.69 Å². The van der Waals surface area contributed by atoms with Gasteiger partial charge in [-0.05, 0) is 36.4 Å². The van der Waals surface area contributed by atoms with Crippen molar-refractivity contribution in [2.24, 2.45) is 0 Å². The molecule has 0 unspecified atom stereocenters. The number of amides is 2. The molecule has 2 amide bonds. The Morgan fingerprint density at radius 2 is 1.83 bits per heavy atom. The number of imidazole rings is 1. The molecule has 184 valence electrons. The minimum Gasteiger partial charge on any atom is -0.398 e. The Labute approximate surface area is 208 Å². The predicted octanol–water partition coefficient (Wildman–Crippen LogP) is 3.18. The van der Waals surface area contributed by atoms with Crippen LogP contribution in [0.15, 0.2) is 54.7 Å². The summed E-state index contributed by atoms with van der Waals surface area (Å²) in [5.41, 5.74) is 9.48. The molecule has 0 saturated carbocycles. The average Bonchev–Trinajstić information content (AvgIpc) is 3.57. The van der Waals surface area contributed by atoms with E-state index in [9.17, 15) is 9.59 Å². The van der Waals surface area contributed by atoms with Crippen LogP contribution in [0.1, 0.15) is 39.5 Å². The van der Waals surface area contributed by atoms with Crippen LogP contribution < -0.4 is 11.1 Å². The zero-order valence-electron chi connectivity index (χ0n) is 19.9. The normalized spacial score (nSPS) is 16.2. The number of hydrogen-bond donors (Lipinski definition) is 3. The van der Waals surface area contributed by atoms with E-state index in [1.54, 1.807) is 23.2 Å². The highest BCUT2D eigenvalue weighted by Crippen LogP contribution is 2.34. The number of ether oxygens (including phenoxy) is 1. The van der Waals surface area contributed by atoms with Crippen LogP contribution >= 0.6 is 0 Å². The first-order valence-electron chi connectivity index (χ1n) is 12.3. The van der Waals surface area contributed by atoms with Gasteiger partial charge in [-0.25, -0.2) is 4.98 Å². The summed E-state index contributed by atoms with van der Waals surface area (Å²) in [5.74, 6) is 0.402. The Bertz CT molecular complexity index is 1440. The monoisotopic (exact) mass is 484 g/mol. The Balaban J connectivity index is 1.42. The number of hydrogen-bond acceptors (Lipinski definition) is 5. The molecule has 2 aromatic carbocycles. The lowest BCUT2D eigenvalue weighted by Crippen LogP contribution is -2.41. The number of nitrogens with zero attached hydrogens (tertiary/aromatic N) is 3. The van der Waals surface area contributed by atoms with Gasteiger partial charge in [0, 0.05) is 55.2 Å². The molecule has 2 aliphatic heterocycles. The van der Waals surface area contributed by atoms with Crippen molar-refractivity contribution in [1.82, 2.24) is 24.8 Å². The van der Waals surface area contributed by atoms with Crippen molar-refractivity contribution in [1.29, 1.82) is 0 Å². The van der Waals surface area contributed by atoms with Crippen LogP contribution in [0.2, 0.25) is 0 Å². The van der Waals surface area contributed by atoms with E-state index in [4.69, 9.17) is 15.5 Å². The molecule has 9 heteroatoms. The van der Waals surface area contributed by atoms with Gasteiger partial charge in [-0.15, -0.1) is 0 Å². The lowest BCUT2D eigenvalue weighted by atomic mass is 10.0. The third-order valence-corrected chi connectivity index (χ3v) is 7.09. The number of fused-ring (bicyclic) bond motifs is 2. The molecule has 0 bridgehead atoms. The standard InChI is InChI=1S/C27H28N6O3/c28-21-7-2-4-18-19(21)5-1-6-20(18)25-31-24(26(34)30-17-9-14-36-15-10-17)23-16-32(12-13-33(23)25)27(35)22-8-3-11-29-22/h1-8,11,17,29H,9-10,12-16,28H2,(H,30,34). The molecule has 1 saturated heterocycles. The number of anilines is 1. The predicted molar refractivity (Wildman–Crippen MR) is 136 cm³/mol. The zero-order valence-corrected chi connectivity index (χ0v) is 19.9. The first kappa shape index (κ1) is 22.4. The number of rotatable bonds is 4. The van der Waals surface area contributed by atoms with E-state index in [0.717, 1.165) is 34.9 Å². The SMILES string of the molecule is Nc1cccc2c(-c3nc(C(=O)NC4CCOCC4)c4n3CCN(C(=O)c3ccc[nH]3)C4)cccc12. The Morgan fingerprint density at radius 3 is 2.64 bits per heavy atom. The molecule has 4 N–H and O–H groups in total. The molecule has 4 aromatic rings. The van der Waals surface area contributed by atoms with Crippen molar-refractivity contribution < 1.29 is 14.3 Å². The number of carbonyl (C=O) groups excluding carboxylic acids is 2. The topological polar surface area (TPSA) is 118 Å². The third-order valence-electron chi connectivity index (χ3n) is 7.09. The number of aromatic amines is 1. The van der Waals surface area contributed by atoms with Gasteiger partial charge in [0.05, 0.1) is 12.2 Å². The minimum absolute atomic E-state index is 0.0460. The summed E-state index contributed by atoms with van der Waals surface area (Å²) >= 11 is 0. The molecule has 2 aromatic heterocycles. The number of carbonyl (C=O) groups is 2. The summed E-state index contributed by atoms with van der Waals surface area (Å²) in [6.07, 6.45) is 3.28. The molecule has 0 spiro atoms. The van der Waals surface area contributed by atoms with E-state index in [-0.39, 0.29) is 17.9 Å². The Morgan fingerprint density at radius 1 is 1.03 bits per heavy atom. The van der Waals surface area contributed by atoms with Crippen LogP contribution in [0.25, 0.3) is 22.2 Å². The highest BCUT2D eigenvalue weighted by molar-refractivity contribution is 6.02. The maximum Gasteiger partial charge on any atom is 0.272 e. The summed E-state index contributed by atoms with van der Waals surface area (Å²) in [5, 5.41) is 5.07. The lowest BCUT2D eigenvalue weighted by Gasteiger charge is -2.29. The average molecular weight is 485 g/mol.